The van der Waals surface area contributed by atoms with Crippen molar-refractivity contribution in [1.82, 2.24) is 19.5 Å². The molecule has 0 amide bonds. The van der Waals surface area contributed by atoms with Gasteiger partial charge in [-0.2, -0.15) is 9.97 Å². The van der Waals surface area contributed by atoms with Crippen LogP contribution in [0.4, 0.5) is 14.6 Å². The van der Waals surface area contributed by atoms with E-state index in [0.717, 1.165) is 0 Å². The van der Waals surface area contributed by atoms with Crippen LogP contribution in [0, 0.1) is 5.82 Å². The fourth-order valence-corrected chi connectivity index (χ4v) is 4.99. The third-order valence-electron chi connectivity index (χ3n) is 6.81. The molecule has 3 aromatic rings. The molecule has 0 bridgehead atoms. The maximum absolute atomic E-state index is 15.8. The van der Waals surface area contributed by atoms with Gasteiger partial charge in [-0.05, 0) is 43.1 Å². The number of aromatic nitrogens is 4. The van der Waals surface area contributed by atoms with Crippen molar-refractivity contribution in [3.63, 3.8) is 0 Å². The second-order valence-corrected chi connectivity index (χ2v) is 9.54. The van der Waals surface area contributed by atoms with Gasteiger partial charge < -0.3 is 34.9 Å². The van der Waals surface area contributed by atoms with Crippen molar-refractivity contribution in [3.05, 3.63) is 47.3 Å². The van der Waals surface area contributed by atoms with Crippen molar-refractivity contribution in [2.75, 3.05) is 18.9 Å². The van der Waals surface area contributed by atoms with E-state index in [4.69, 9.17) is 36.3 Å². The fraction of sp³-hybridized carbons (Fsp3) is 0.500. The first kappa shape index (κ1) is 27.6. The molecule has 0 radical (unpaired) electrons. The normalized spacial score (nSPS) is 28.2. The molecule has 15 heteroatoms. The Labute approximate surface area is 225 Å². The minimum absolute atomic E-state index is 0.0149. The highest BCUT2D eigenvalue weighted by molar-refractivity contribution is 6.28. The molecule has 4 N–H and O–H groups in total. The number of anilines is 1. The number of ether oxygens (including phenoxy) is 4. The number of imidazole rings is 1. The molecule has 5 rings (SSSR count). The Morgan fingerprint density at radius 3 is 2.64 bits per heavy atom. The number of fused-ring (bicyclic) bond motifs is 2. The van der Waals surface area contributed by atoms with Crippen LogP contribution in [0.25, 0.3) is 11.2 Å². The smallest absolute Gasteiger partial charge is 0.344 e. The van der Waals surface area contributed by atoms with E-state index < -0.39 is 53.9 Å². The molecule has 2 aromatic heterocycles. The standard InChI is InChI=1S/C24H26ClF2N5O7/c1-3-36-20(33)23(21(34)37-4-2,9-11-5-7-12(26)8-6-11)39-16-15-24(16,35)14(27)19(38-15)32-10-29-13-17(28)30-22(25)31-18(13)32/h5-8,10,14-16,19-20,33,35H,3-4,9H2,1-2H3,(H2,28,30,31)/t14-,15-,16?,19-,20?,23?,24+/m1/s1. The number of nitrogens with two attached hydrogens (primary N) is 1. The van der Waals surface area contributed by atoms with E-state index in [2.05, 4.69) is 15.0 Å². The number of alkyl halides is 1. The van der Waals surface area contributed by atoms with Crippen LogP contribution in [0.3, 0.4) is 0 Å². The molecule has 1 saturated heterocycles. The summed E-state index contributed by atoms with van der Waals surface area (Å²) in [5.74, 6) is -1.55. The molecule has 1 aromatic carbocycles. The lowest BCUT2D eigenvalue weighted by atomic mass is 9.93. The average Bonchev–Trinajstić information content (AvgIpc) is 3.14. The number of rotatable bonds is 10. The number of carbonyl (C=O) groups is 1. The van der Waals surface area contributed by atoms with Crippen molar-refractivity contribution in [2.45, 2.75) is 62.4 Å². The number of nitrogens with zero attached hydrogens (tertiary/aromatic N) is 4. The van der Waals surface area contributed by atoms with E-state index >= 15 is 4.39 Å². The van der Waals surface area contributed by atoms with Gasteiger partial charge in [0.1, 0.15) is 23.5 Å². The van der Waals surface area contributed by atoms with Gasteiger partial charge in [-0.3, -0.25) is 4.57 Å². The van der Waals surface area contributed by atoms with E-state index in [1.807, 2.05) is 0 Å². The highest BCUT2D eigenvalue weighted by Crippen LogP contribution is 2.58. The number of carbonyl (C=O) groups excluding carboxylic acids is 1. The zero-order valence-corrected chi connectivity index (χ0v) is 21.6. The molecular weight excluding hydrogens is 544 g/mol. The van der Waals surface area contributed by atoms with E-state index in [-0.39, 0.29) is 41.9 Å². The Morgan fingerprint density at radius 2 is 2.03 bits per heavy atom. The summed E-state index contributed by atoms with van der Waals surface area (Å²) in [7, 11) is 0. The summed E-state index contributed by atoms with van der Waals surface area (Å²) in [6, 6.07) is 5.12. The van der Waals surface area contributed by atoms with Crippen LogP contribution in [0.2, 0.25) is 5.28 Å². The molecule has 1 aliphatic carbocycles. The Kier molecular flexibility index (Phi) is 7.20. The van der Waals surface area contributed by atoms with Gasteiger partial charge in [-0.15, -0.1) is 0 Å². The quantitative estimate of drug-likeness (QED) is 0.184. The number of halogens is 3. The number of aliphatic hydroxyl groups is 2. The Bertz CT molecular complexity index is 1380. The van der Waals surface area contributed by atoms with Gasteiger partial charge in [0.2, 0.25) is 10.9 Å². The highest BCUT2D eigenvalue weighted by Gasteiger charge is 2.80. The largest absolute Gasteiger partial charge is 0.464 e. The number of hydrogen-bond donors (Lipinski definition) is 3. The van der Waals surface area contributed by atoms with E-state index in [1.165, 1.54) is 35.2 Å². The molecule has 210 valence electrons. The van der Waals surface area contributed by atoms with E-state index in [9.17, 15) is 19.4 Å². The predicted octanol–water partition coefficient (Wildman–Crippen LogP) is 1.47. The van der Waals surface area contributed by atoms with Crippen LogP contribution in [0.15, 0.2) is 30.6 Å². The van der Waals surface area contributed by atoms with E-state index in [0.29, 0.717) is 5.56 Å². The monoisotopic (exact) mass is 569 g/mol. The highest BCUT2D eigenvalue weighted by atomic mass is 35.5. The van der Waals surface area contributed by atoms with Gasteiger partial charge in [0.25, 0.3) is 0 Å². The Hall–Kier alpha value is -3.01. The van der Waals surface area contributed by atoms with Crippen molar-refractivity contribution < 1.29 is 42.7 Å². The van der Waals surface area contributed by atoms with Crippen LogP contribution < -0.4 is 5.73 Å². The molecule has 2 fully saturated rings. The summed E-state index contributed by atoms with van der Waals surface area (Å²) in [5.41, 5.74) is 2.00. The topological polar surface area (TPSA) is 164 Å². The third kappa shape index (κ3) is 4.50. The predicted molar refractivity (Wildman–Crippen MR) is 130 cm³/mol. The summed E-state index contributed by atoms with van der Waals surface area (Å²) in [6.45, 7) is 3.05. The Morgan fingerprint density at radius 1 is 1.31 bits per heavy atom. The summed E-state index contributed by atoms with van der Waals surface area (Å²) < 4.78 is 52.9. The van der Waals surface area contributed by atoms with Crippen LogP contribution in [-0.4, -0.2) is 84.8 Å². The van der Waals surface area contributed by atoms with Crippen LogP contribution in [0.1, 0.15) is 25.6 Å². The van der Waals surface area contributed by atoms with Gasteiger partial charge in [-0.1, -0.05) is 12.1 Å². The van der Waals surface area contributed by atoms with Crippen molar-refractivity contribution in [2.24, 2.45) is 0 Å². The lowest BCUT2D eigenvalue weighted by molar-refractivity contribution is -0.254. The molecular formula is C24H26ClF2N5O7. The molecule has 0 spiro atoms. The number of hydrogen-bond acceptors (Lipinski definition) is 11. The van der Waals surface area contributed by atoms with Gasteiger partial charge in [0, 0.05) is 13.0 Å². The van der Waals surface area contributed by atoms with Gasteiger partial charge in [-0.25, -0.2) is 18.6 Å². The fourth-order valence-electron chi connectivity index (χ4n) is 4.82. The van der Waals surface area contributed by atoms with Gasteiger partial charge >= 0.3 is 5.97 Å². The maximum atomic E-state index is 15.8. The summed E-state index contributed by atoms with van der Waals surface area (Å²) in [6.07, 6.45) is -7.12. The summed E-state index contributed by atoms with van der Waals surface area (Å²) >= 11 is 5.89. The molecule has 39 heavy (non-hydrogen) atoms. The van der Waals surface area contributed by atoms with Crippen molar-refractivity contribution in [1.29, 1.82) is 0 Å². The lowest BCUT2D eigenvalue weighted by Gasteiger charge is -2.36. The molecule has 2 aliphatic rings. The van der Waals surface area contributed by atoms with Crippen LogP contribution >= 0.6 is 11.6 Å². The Balaban J connectivity index is 1.45. The lowest BCUT2D eigenvalue weighted by Crippen LogP contribution is -2.57. The zero-order valence-electron chi connectivity index (χ0n) is 20.8. The second kappa shape index (κ2) is 10.2. The SMILES string of the molecule is CCOC(=O)C(Cc1ccc(F)cc1)(OC1[C@H]2O[C@@H](n3cnc4c(N)nc(Cl)nc43)[C@@H](F)[C@@]12O)C(O)OCC. The molecule has 3 heterocycles. The molecule has 12 nitrogen and oxygen atoms in total. The minimum Gasteiger partial charge on any atom is -0.464 e. The summed E-state index contributed by atoms with van der Waals surface area (Å²) in [4.78, 5) is 25.2. The number of esters is 1. The maximum Gasteiger partial charge on any atom is 0.344 e. The second-order valence-electron chi connectivity index (χ2n) is 9.20. The number of benzene rings is 1. The van der Waals surface area contributed by atoms with Gasteiger partial charge in [0.15, 0.2) is 35.8 Å². The van der Waals surface area contributed by atoms with Crippen molar-refractivity contribution >= 4 is 34.6 Å². The molecule has 1 saturated carbocycles. The van der Waals surface area contributed by atoms with Gasteiger partial charge in [0.05, 0.1) is 12.9 Å². The first-order chi connectivity index (χ1) is 18.6. The average molecular weight is 570 g/mol. The molecule has 7 atom stereocenters. The first-order valence-electron chi connectivity index (χ1n) is 12.1. The van der Waals surface area contributed by atoms with Crippen molar-refractivity contribution in [3.8, 4) is 0 Å². The van der Waals surface area contributed by atoms with Crippen LogP contribution in [-0.2, 0) is 30.2 Å². The molecule has 3 unspecified atom stereocenters. The minimum atomic E-state index is -2.25. The third-order valence-corrected chi connectivity index (χ3v) is 6.98. The zero-order chi connectivity index (χ0) is 28.1. The number of nitrogen functional groups attached to an aromatic ring is 1. The summed E-state index contributed by atoms with van der Waals surface area (Å²) in [5, 5.41) is 22.0. The van der Waals surface area contributed by atoms with Crippen LogP contribution in [0.5, 0.6) is 0 Å². The number of aliphatic hydroxyl groups excluding tert-OH is 1. The first-order valence-corrected chi connectivity index (χ1v) is 12.5. The van der Waals surface area contributed by atoms with E-state index in [1.54, 1.807) is 13.8 Å². The molecule has 1 aliphatic heterocycles.